The first-order valence-electron chi connectivity index (χ1n) is 9.93. The van der Waals surface area contributed by atoms with E-state index in [-0.39, 0.29) is 12.2 Å². The average Bonchev–Trinajstić information content (AvgIpc) is 2.82. The van der Waals surface area contributed by atoms with Crippen LogP contribution in [0.2, 0.25) is 0 Å². The maximum atomic E-state index is 6.36. The summed E-state index contributed by atoms with van der Waals surface area (Å²) in [5.74, 6) is 0.868. The largest absolute Gasteiger partial charge is 0.352 e. The first kappa shape index (κ1) is 17.9. The zero-order valence-corrected chi connectivity index (χ0v) is 15.7. The van der Waals surface area contributed by atoms with Crippen LogP contribution in [0.5, 0.6) is 0 Å². The second kappa shape index (κ2) is 6.61. The molecule has 0 radical (unpaired) electrons. The quantitative estimate of drug-likeness (QED) is 0.422. The van der Waals surface area contributed by atoms with Crippen LogP contribution in [0.3, 0.4) is 0 Å². The molecule has 0 aromatic carbocycles. The second-order valence-corrected chi connectivity index (χ2v) is 8.58. The van der Waals surface area contributed by atoms with Crippen LogP contribution in [-0.4, -0.2) is 30.6 Å². The van der Waals surface area contributed by atoms with E-state index < -0.39 is 17.7 Å². The van der Waals surface area contributed by atoms with Crippen LogP contribution in [0.1, 0.15) is 59.3 Å². The van der Waals surface area contributed by atoms with Crippen molar-refractivity contribution in [3.8, 4) is 0 Å². The Bertz CT molecular complexity index is 510. The summed E-state index contributed by atoms with van der Waals surface area (Å²) in [5.41, 5.74) is -0.492. The molecule has 4 saturated heterocycles. The van der Waals surface area contributed by atoms with E-state index in [1.165, 1.54) is 6.42 Å². The van der Waals surface area contributed by atoms with E-state index in [0.29, 0.717) is 24.4 Å². The maximum absolute atomic E-state index is 6.36. The van der Waals surface area contributed by atoms with Crippen LogP contribution in [0, 0.1) is 23.7 Å². The Balaban J connectivity index is 1.59. The first-order chi connectivity index (χ1) is 12.0. The molecular weight excluding hydrogens is 320 g/mol. The van der Waals surface area contributed by atoms with Crippen molar-refractivity contribution < 1.29 is 24.0 Å². The van der Waals surface area contributed by atoms with E-state index in [4.69, 9.17) is 24.0 Å². The normalized spacial score (nSPS) is 51.6. The molecule has 142 valence electrons. The Morgan fingerprint density at radius 2 is 2.00 bits per heavy atom. The van der Waals surface area contributed by atoms with Crippen LogP contribution in [0.15, 0.2) is 12.7 Å². The predicted molar refractivity (Wildman–Crippen MR) is 92.2 cm³/mol. The number of rotatable bonds is 5. The molecule has 4 heterocycles. The van der Waals surface area contributed by atoms with Gasteiger partial charge in [-0.25, -0.2) is 9.78 Å². The zero-order valence-electron chi connectivity index (χ0n) is 15.7. The fourth-order valence-electron chi connectivity index (χ4n) is 5.49. The standard InChI is InChI=1S/C20H32O5/c1-5-6-7-12-21-17-14(3)16-9-8-13(2)15-10-11-19(4)23-18(22-17)20(15,16)25-24-19/h5,13-18H,1,6-12H2,2-4H3/t13-,14-,15?,16?,17?,18-,19?,20-/m1/s1. The minimum Gasteiger partial charge on any atom is -0.352 e. The summed E-state index contributed by atoms with van der Waals surface area (Å²) in [6.45, 7) is 11.0. The lowest BCUT2D eigenvalue weighted by atomic mass is 9.58. The van der Waals surface area contributed by atoms with Gasteiger partial charge in [0.1, 0.15) is 0 Å². The van der Waals surface area contributed by atoms with E-state index in [9.17, 15) is 0 Å². The molecule has 4 unspecified atom stereocenters. The van der Waals surface area contributed by atoms with Crippen molar-refractivity contribution >= 4 is 0 Å². The van der Waals surface area contributed by atoms with Crippen molar-refractivity contribution in [3.05, 3.63) is 12.7 Å². The smallest absolute Gasteiger partial charge is 0.201 e. The fraction of sp³-hybridized carbons (Fsp3) is 0.900. The van der Waals surface area contributed by atoms with E-state index in [1.807, 2.05) is 13.0 Å². The maximum Gasteiger partial charge on any atom is 0.201 e. The van der Waals surface area contributed by atoms with Crippen LogP contribution in [-0.2, 0) is 24.0 Å². The van der Waals surface area contributed by atoms with Gasteiger partial charge in [0, 0.05) is 18.3 Å². The van der Waals surface area contributed by atoms with Crippen LogP contribution in [0.25, 0.3) is 0 Å². The predicted octanol–water partition coefficient (Wildman–Crippen LogP) is 4.18. The third-order valence-electron chi connectivity index (χ3n) is 6.93. The number of unbranched alkanes of at least 4 members (excludes halogenated alkanes) is 1. The van der Waals surface area contributed by atoms with Crippen molar-refractivity contribution in [3.63, 3.8) is 0 Å². The third-order valence-corrected chi connectivity index (χ3v) is 6.93. The van der Waals surface area contributed by atoms with Gasteiger partial charge in [-0.05, 0) is 50.9 Å². The molecule has 0 aromatic heterocycles. The Hall–Kier alpha value is -0.460. The number of ether oxygens (including phenoxy) is 3. The second-order valence-electron chi connectivity index (χ2n) is 8.58. The van der Waals surface area contributed by atoms with Gasteiger partial charge in [-0.3, -0.25) is 0 Å². The Morgan fingerprint density at radius 3 is 2.80 bits per heavy atom. The molecule has 1 spiro atoms. The van der Waals surface area contributed by atoms with Gasteiger partial charge in [-0.2, -0.15) is 0 Å². The molecule has 0 N–H and O–H groups in total. The summed E-state index contributed by atoms with van der Waals surface area (Å²) in [4.78, 5) is 12.0. The minimum absolute atomic E-state index is 0.244. The molecule has 8 atom stereocenters. The van der Waals surface area contributed by atoms with Crippen LogP contribution in [0.4, 0.5) is 0 Å². The highest BCUT2D eigenvalue weighted by molar-refractivity contribution is 5.09. The molecule has 5 aliphatic rings. The highest BCUT2D eigenvalue weighted by Crippen LogP contribution is 2.60. The third kappa shape index (κ3) is 2.79. The van der Waals surface area contributed by atoms with Crippen molar-refractivity contribution in [1.82, 2.24) is 0 Å². The van der Waals surface area contributed by atoms with Gasteiger partial charge in [-0.1, -0.05) is 19.9 Å². The van der Waals surface area contributed by atoms with Crippen molar-refractivity contribution in [2.45, 2.75) is 83.3 Å². The Morgan fingerprint density at radius 1 is 1.16 bits per heavy atom. The summed E-state index contributed by atoms with van der Waals surface area (Å²) in [6, 6.07) is 0. The van der Waals surface area contributed by atoms with Crippen molar-refractivity contribution in [1.29, 1.82) is 0 Å². The van der Waals surface area contributed by atoms with Crippen LogP contribution >= 0.6 is 0 Å². The highest BCUT2D eigenvalue weighted by atomic mass is 17.3. The van der Waals surface area contributed by atoms with E-state index in [0.717, 1.165) is 32.1 Å². The summed E-state index contributed by atoms with van der Waals surface area (Å²) in [6.07, 6.45) is 7.43. The Labute approximate surface area is 150 Å². The van der Waals surface area contributed by atoms with Crippen LogP contribution < -0.4 is 0 Å². The molecule has 5 heteroatoms. The first-order valence-corrected chi connectivity index (χ1v) is 9.93. The molecule has 1 aliphatic carbocycles. The number of allylic oxidation sites excluding steroid dienone is 1. The molecule has 5 fully saturated rings. The van der Waals surface area contributed by atoms with Gasteiger partial charge in [0.05, 0.1) is 6.61 Å². The SMILES string of the molecule is C=CCCCOC1O[C@@H]2OC3(C)CCC4[C@H](C)CCC([C@H]1C)[C@]42OO3. The van der Waals surface area contributed by atoms with Gasteiger partial charge in [0.15, 0.2) is 18.2 Å². The molecule has 1 saturated carbocycles. The molecule has 4 aliphatic heterocycles. The molecular formula is C20H32O5. The van der Waals surface area contributed by atoms with Crippen molar-refractivity contribution in [2.75, 3.05) is 6.61 Å². The lowest BCUT2D eigenvalue weighted by molar-refractivity contribution is -0.577. The van der Waals surface area contributed by atoms with E-state index in [1.54, 1.807) is 0 Å². The topological polar surface area (TPSA) is 46.2 Å². The van der Waals surface area contributed by atoms with E-state index in [2.05, 4.69) is 20.4 Å². The summed E-state index contributed by atoms with van der Waals surface area (Å²) < 4.78 is 18.8. The van der Waals surface area contributed by atoms with Gasteiger partial charge < -0.3 is 14.2 Å². The summed E-state index contributed by atoms with van der Waals surface area (Å²) >= 11 is 0. The van der Waals surface area contributed by atoms with Gasteiger partial charge in [0.2, 0.25) is 5.79 Å². The molecule has 5 rings (SSSR count). The molecule has 25 heavy (non-hydrogen) atoms. The lowest BCUT2D eigenvalue weighted by Crippen LogP contribution is -2.70. The minimum atomic E-state index is -0.717. The molecule has 5 nitrogen and oxygen atoms in total. The monoisotopic (exact) mass is 352 g/mol. The number of hydrogen-bond donors (Lipinski definition) is 0. The van der Waals surface area contributed by atoms with Gasteiger partial charge >= 0.3 is 0 Å². The van der Waals surface area contributed by atoms with E-state index >= 15 is 0 Å². The Kier molecular flexibility index (Phi) is 4.74. The zero-order chi connectivity index (χ0) is 17.7. The lowest BCUT2D eigenvalue weighted by Gasteiger charge is -2.60. The average molecular weight is 352 g/mol. The summed E-state index contributed by atoms with van der Waals surface area (Å²) in [7, 11) is 0. The number of hydrogen-bond acceptors (Lipinski definition) is 5. The molecule has 0 amide bonds. The van der Waals surface area contributed by atoms with Gasteiger partial charge in [0.25, 0.3) is 0 Å². The molecule has 2 bridgehead atoms. The number of fused-ring (bicyclic) bond motifs is 2. The van der Waals surface area contributed by atoms with Gasteiger partial charge in [-0.15, -0.1) is 6.58 Å². The highest BCUT2D eigenvalue weighted by Gasteiger charge is 2.69. The van der Waals surface area contributed by atoms with Crippen molar-refractivity contribution in [2.24, 2.45) is 23.7 Å². The fourth-order valence-corrected chi connectivity index (χ4v) is 5.49. The summed E-state index contributed by atoms with van der Waals surface area (Å²) in [5, 5.41) is 0. The molecule has 0 aromatic rings.